The van der Waals surface area contributed by atoms with Gasteiger partial charge < -0.3 is 14.5 Å². The molecular formula is C17H20ClNO2. The maximum atomic E-state index is 6.44. The molecule has 3 nitrogen and oxygen atoms in total. The van der Waals surface area contributed by atoms with Crippen molar-refractivity contribution in [3.05, 3.63) is 59.0 Å². The van der Waals surface area contributed by atoms with Crippen LogP contribution < -0.4 is 5.32 Å². The van der Waals surface area contributed by atoms with E-state index in [1.807, 2.05) is 24.3 Å². The molecule has 1 aromatic carbocycles. The van der Waals surface area contributed by atoms with Gasteiger partial charge in [-0.2, -0.15) is 0 Å². The zero-order valence-electron chi connectivity index (χ0n) is 12.0. The summed E-state index contributed by atoms with van der Waals surface area (Å²) in [6.45, 7) is 3.18. The molecule has 2 heterocycles. The fourth-order valence-corrected chi connectivity index (χ4v) is 3.37. The molecule has 0 atom stereocenters. The number of hydrogen-bond donors (Lipinski definition) is 1. The predicted octanol–water partition coefficient (Wildman–Crippen LogP) is 3.77. The number of rotatable bonds is 5. The van der Waals surface area contributed by atoms with Gasteiger partial charge in [-0.3, -0.25) is 0 Å². The van der Waals surface area contributed by atoms with Crippen LogP contribution in [0.4, 0.5) is 0 Å². The van der Waals surface area contributed by atoms with Crippen LogP contribution in [0.5, 0.6) is 0 Å². The van der Waals surface area contributed by atoms with E-state index in [-0.39, 0.29) is 5.41 Å². The molecule has 4 heteroatoms. The van der Waals surface area contributed by atoms with Gasteiger partial charge in [-0.15, -0.1) is 0 Å². The summed E-state index contributed by atoms with van der Waals surface area (Å²) in [5, 5.41) is 4.36. The van der Waals surface area contributed by atoms with Gasteiger partial charge in [0, 0.05) is 30.2 Å². The second-order valence-electron chi connectivity index (χ2n) is 5.56. The Bertz CT molecular complexity index is 562. The zero-order chi connectivity index (χ0) is 14.5. The summed E-state index contributed by atoms with van der Waals surface area (Å²) in [6.07, 6.45) is 3.68. The van der Waals surface area contributed by atoms with Crippen molar-refractivity contribution < 1.29 is 9.15 Å². The average Bonchev–Trinajstić information content (AvgIpc) is 3.02. The summed E-state index contributed by atoms with van der Waals surface area (Å²) in [7, 11) is 0. The van der Waals surface area contributed by atoms with Crippen LogP contribution in [0, 0.1) is 0 Å². The first-order valence-corrected chi connectivity index (χ1v) is 7.74. The molecule has 0 unspecified atom stereocenters. The Hall–Kier alpha value is -1.29. The van der Waals surface area contributed by atoms with Crippen LogP contribution >= 0.6 is 11.6 Å². The first-order valence-electron chi connectivity index (χ1n) is 7.36. The molecule has 21 heavy (non-hydrogen) atoms. The molecule has 1 aromatic heterocycles. The fourth-order valence-electron chi connectivity index (χ4n) is 3.03. The molecule has 3 rings (SSSR count). The van der Waals surface area contributed by atoms with Crippen LogP contribution in [0.3, 0.4) is 0 Å². The summed E-state index contributed by atoms with van der Waals surface area (Å²) in [5.41, 5.74) is 1.27. The van der Waals surface area contributed by atoms with Crippen molar-refractivity contribution in [2.45, 2.75) is 24.8 Å². The highest BCUT2D eigenvalue weighted by molar-refractivity contribution is 6.31. The summed E-state index contributed by atoms with van der Waals surface area (Å²) < 4.78 is 10.9. The first kappa shape index (κ1) is 14.6. The Labute approximate surface area is 130 Å². The molecule has 1 N–H and O–H groups in total. The molecule has 1 aliphatic rings. The highest BCUT2D eigenvalue weighted by Crippen LogP contribution is 2.38. The SMILES string of the molecule is Clc1ccccc1C1(CNCc2ccco2)CCOCC1. The van der Waals surface area contributed by atoms with Gasteiger partial charge in [0.05, 0.1) is 12.8 Å². The molecule has 2 aromatic rings. The van der Waals surface area contributed by atoms with E-state index in [0.29, 0.717) is 0 Å². The van der Waals surface area contributed by atoms with Crippen LogP contribution in [0.1, 0.15) is 24.2 Å². The Kier molecular flexibility index (Phi) is 4.63. The minimum absolute atomic E-state index is 0.0448. The quantitative estimate of drug-likeness (QED) is 0.913. The lowest BCUT2D eigenvalue weighted by Crippen LogP contribution is -2.42. The molecule has 0 saturated carbocycles. The van der Waals surface area contributed by atoms with Crippen molar-refractivity contribution in [1.29, 1.82) is 0 Å². The van der Waals surface area contributed by atoms with E-state index >= 15 is 0 Å². The van der Waals surface area contributed by atoms with Crippen molar-refractivity contribution in [2.24, 2.45) is 0 Å². The maximum absolute atomic E-state index is 6.44. The maximum Gasteiger partial charge on any atom is 0.117 e. The van der Waals surface area contributed by atoms with Crippen LogP contribution in [0.25, 0.3) is 0 Å². The van der Waals surface area contributed by atoms with Gasteiger partial charge >= 0.3 is 0 Å². The van der Waals surface area contributed by atoms with E-state index < -0.39 is 0 Å². The average molecular weight is 306 g/mol. The van der Waals surface area contributed by atoms with Gasteiger partial charge in [0.15, 0.2) is 0 Å². The van der Waals surface area contributed by atoms with E-state index in [4.69, 9.17) is 20.8 Å². The van der Waals surface area contributed by atoms with Crippen molar-refractivity contribution in [2.75, 3.05) is 19.8 Å². The van der Waals surface area contributed by atoms with Crippen molar-refractivity contribution in [1.82, 2.24) is 5.32 Å². The number of benzene rings is 1. The minimum atomic E-state index is 0.0448. The summed E-state index contributed by atoms with van der Waals surface area (Å²) in [4.78, 5) is 0. The largest absolute Gasteiger partial charge is 0.468 e. The third-order valence-corrected chi connectivity index (χ3v) is 4.57. The lowest BCUT2D eigenvalue weighted by atomic mass is 9.74. The van der Waals surface area contributed by atoms with Gasteiger partial charge in [-0.25, -0.2) is 0 Å². The molecule has 1 fully saturated rings. The zero-order valence-corrected chi connectivity index (χ0v) is 12.7. The standard InChI is InChI=1S/C17H20ClNO2/c18-16-6-2-1-5-15(16)17(7-10-20-11-8-17)13-19-12-14-4-3-9-21-14/h1-6,9,19H,7-8,10-13H2. The lowest BCUT2D eigenvalue weighted by molar-refractivity contribution is 0.0497. The fraction of sp³-hybridized carbons (Fsp3) is 0.412. The highest BCUT2D eigenvalue weighted by atomic mass is 35.5. The van der Waals surface area contributed by atoms with Gasteiger partial charge in [0.25, 0.3) is 0 Å². The summed E-state index contributed by atoms with van der Waals surface area (Å²) in [5.74, 6) is 0.955. The van der Waals surface area contributed by atoms with Gasteiger partial charge in [0.2, 0.25) is 0 Å². The number of furan rings is 1. The minimum Gasteiger partial charge on any atom is -0.468 e. The van der Waals surface area contributed by atoms with E-state index in [9.17, 15) is 0 Å². The second kappa shape index (κ2) is 6.65. The molecule has 0 radical (unpaired) electrons. The van der Waals surface area contributed by atoms with E-state index in [2.05, 4.69) is 17.4 Å². The van der Waals surface area contributed by atoms with Crippen LogP contribution in [-0.2, 0) is 16.7 Å². The molecule has 1 aliphatic heterocycles. The topological polar surface area (TPSA) is 34.4 Å². The summed E-state index contributed by atoms with van der Waals surface area (Å²) in [6, 6.07) is 12.1. The third-order valence-electron chi connectivity index (χ3n) is 4.24. The number of halogens is 1. The van der Waals surface area contributed by atoms with Gasteiger partial charge in [0.1, 0.15) is 5.76 Å². The smallest absolute Gasteiger partial charge is 0.117 e. The Morgan fingerprint density at radius 2 is 1.90 bits per heavy atom. The van der Waals surface area contributed by atoms with Crippen molar-refractivity contribution in [3.8, 4) is 0 Å². The molecule has 0 bridgehead atoms. The Balaban J connectivity index is 1.75. The van der Waals surface area contributed by atoms with E-state index in [1.165, 1.54) is 5.56 Å². The van der Waals surface area contributed by atoms with Crippen LogP contribution in [0.15, 0.2) is 47.1 Å². The number of ether oxygens (including phenoxy) is 1. The highest BCUT2D eigenvalue weighted by Gasteiger charge is 2.35. The lowest BCUT2D eigenvalue weighted by Gasteiger charge is -2.38. The van der Waals surface area contributed by atoms with Crippen LogP contribution in [0.2, 0.25) is 5.02 Å². The third kappa shape index (κ3) is 3.31. The molecule has 0 amide bonds. The molecule has 0 aliphatic carbocycles. The molecule has 1 saturated heterocycles. The van der Waals surface area contributed by atoms with Gasteiger partial charge in [-0.1, -0.05) is 29.8 Å². The Morgan fingerprint density at radius 1 is 1.10 bits per heavy atom. The van der Waals surface area contributed by atoms with Crippen LogP contribution in [-0.4, -0.2) is 19.8 Å². The second-order valence-corrected chi connectivity index (χ2v) is 5.96. The monoisotopic (exact) mass is 305 g/mol. The molecule has 112 valence electrons. The summed E-state index contributed by atoms with van der Waals surface area (Å²) >= 11 is 6.44. The predicted molar refractivity (Wildman–Crippen MR) is 83.6 cm³/mol. The van der Waals surface area contributed by atoms with E-state index in [1.54, 1.807) is 6.26 Å². The Morgan fingerprint density at radius 3 is 2.62 bits per heavy atom. The normalized spacial score (nSPS) is 17.8. The molecular weight excluding hydrogens is 286 g/mol. The number of nitrogens with one attached hydrogen (secondary N) is 1. The van der Waals surface area contributed by atoms with E-state index in [0.717, 1.165) is 49.9 Å². The number of hydrogen-bond acceptors (Lipinski definition) is 3. The molecule has 0 spiro atoms. The van der Waals surface area contributed by atoms with Crippen molar-refractivity contribution in [3.63, 3.8) is 0 Å². The van der Waals surface area contributed by atoms with Crippen molar-refractivity contribution >= 4 is 11.6 Å². The van der Waals surface area contributed by atoms with Gasteiger partial charge in [-0.05, 0) is 36.6 Å². The first-order chi connectivity index (χ1) is 10.3.